The lowest BCUT2D eigenvalue weighted by molar-refractivity contribution is 0.667. The lowest BCUT2D eigenvalue weighted by Gasteiger charge is -2.22. The molecule has 1 aliphatic carbocycles. The van der Waals surface area contributed by atoms with Crippen LogP contribution in [-0.2, 0) is 5.41 Å². The molecule has 0 amide bonds. The second kappa shape index (κ2) is 11.7. The van der Waals surface area contributed by atoms with Crippen LogP contribution >= 0.6 is 11.3 Å². The van der Waals surface area contributed by atoms with Gasteiger partial charge in [0.1, 0.15) is 0 Å². The molecule has 0 nitrogen and oxygen atoms in total. The van der Waals surface area contributed by atoms with Crippen LogP contribution in [0.5, 0.6) is 0 Å². The molecule has 0 saturated carbocycles. The van der Waals surface area contributed by atoms with Crippen molar-refractivity contribution >= 4 is 74.6 Å². The molecule has 0 fully saturated rings. The lowest BCUT2D eigenvalue weighted by atomic mass is 9.81. The summed E-state index contributed by atoms with van der Waals surface area (Å²) in [5.74, 6) is 0. The topological polar surface area (TPSA) is 0 Å². The van der Waals surface area contributed by atoms with Crippen molar-refractivity contribution in [1.29, 1.82) is 0 Å². The maximum atomic E-state index is 2.44. The van der Waals surface area contributed by atoms with E-state index >= 15 is 0 Å². The molecule has 0 bridgehead atoms. The smallest absolute Gasteiger partial charge is 0.0402 e. The molecular formula is C55H36S. The standard InChI is InChI=1S/C55H36S/c1-55(2)48-30-26-37(32-47(48)45-28-29-46-52-39-16-6-4-13-35(39)27-31-49(52)56-54(46)53(45)55)33-22-24-36(25-23-33)50-41-17-7-9-19-43(41)51(44-20-10-8-18-42(44)50)40-21-11-14-34-12-3-5-15-38(34)40/h3-32H,1-2H3. The molecule has 262 valence electrons. The third-order valence-corrected chi connectivity index (χ3v) is 13.8. The molecule has 1 aliphatic rings. The predicted molar refractivity (Wildman–Crippen MR) is 243 cm³/mol. The van der Waals surface area contributed by atoms with Crippen LogP contribution in [0, 0.1) is 0 Å². The predicted octanol–water partition coefficient (Wildman–Crippen LogP) is 16.0. The number of rotatable bonds is 3. The molecule has 0 atom stereocenters. The van der Waals surface area contributed by atoms with Gasteiger partial charge in [-0.15, -0.1) is 11.3 Å². The second-order valence-corrected chi connectivity index (χ2v) is 17.0. The first kappa shape index (κ1) is 31.8. The van der Waals surface area contributed by atoms with E-state index in [4.69, 9.17) is 0 Å². The third kappa shape index (κ3) is 4.41. The minimum atomic E-state index is -0.0937. The van der Waals surface area contributed by atoms with Gasteiger partial charge in [-0.2, -0.15) is 0 Å². The molecule has 0 aliphatic heterocycles. The molecule has 0 spiro atoms. The Labute approximate surface area is 329 Å². The van der Waals surface area contributed by atoms with E-state index in [1.54, 1.807) is 0 Å². The van der Waals surface area contributed by atoms with Crippen LogP contribution < -0.4 is 0 Å². The molecule has 0 radical (unpaired) electrons. The summed E-state index contributed by atoms with van der Waals surface area (Å²) in [6, 6.07) is 68.0. The summed E-state index contributed by atoms with van der Waals surface area (Å²) in [6.45, 7) is 4.82. The average molecular weight is 729 g/mol. The fourth-order valence-corrected chi connectivity index (χ4v) is 11.5. The van der Waals surface area contributed by atoms with Gasteiger partial charge in [0.15, 0.2) is 0 Å². The van der Waals surface area contributed by atoms with Crippen molar-refractivity contribution in [2.45, 2.75) is 19.3 Å². The Hall–Kier alpha value is -6.54. The first-order chi connectivity index (χ1) is 27.5. The summed E-state index contributed by atoms with van der Waals surface area (Å²) < 4.78 is 2.79. The molecule has 1 aromatic heterocycles. The van der Waals surface area contributed by atoms with Gasteiger partial charge in [-0.25, -0.2) is 0 Å². The van der Waals surface area contributed by atoms with Crippen LogP contribution in [0.4, 0.5) is 0 Å². The zero-order chi connectivity index (χ0) is 37.1. The van der Waals surface area contributed by atoms with Gasteiger partial charge in [-0.1, -0.05) is 184 Å². The zero-order valence-corrected chi connectivity index (χ0v) is 32.0. The molecule has 10 aromatic carbocycles. The highest BCUT2D eigenvalue weighted by atomic mass is 32.1. The SMILES string of the molecule is CC1(C)c2ccc(-c3ccc(-c4c5ccccc5c(-c5cccc6ccccc56)c5ccccc45)cc3)cc2-c2ccc3c(sc4ccc5ccccc5c43)c21. The number of hydrogen-bond acceptors (Lipinski definition) is 1. The Morgan fingerprint density at radius 3 is 1.66 bits per heavy atom. The van der Waals surface area contributed by atoms with Crippen molar-refractivity contribution < 1.29 is 0 Å². The molecule has 1 heterocycles. The number of fused-ring (bicyclic) bond motifs is 12. The summed E-state index contributed by atoms with van der Waals surface area (Å²) in [7, 11) is 0. The molecule has 0 unspecified atom stereocenters. The highest BCUT2D eigenvalue weighted by molar-refractivity contribution is 7.26. The van der Waals surface area contributed by atoms with E-state index in [2.05, 4.69) is 196 Å². The highest BCUT2D eigenvalue weighted by Gasteiger charge is 2.38. The zero-order valence-electron chi connectivity index (χ0n) is 31.2. The molecule has 56 heavy (non-hydrogen) atoms. The monoisotopic (exact) mass is 728 g/mol. The van der Waals surface area contributed by atoms with Gasteiger partial charge in [0.25, 0.3) is 0 Å². The minimum Gasteiger partial charge on any atom is -0.135 e. The molecule has 1 heteroatoms. The van der Waals surface area contributed by atoms with Crippen molar-refractivity contribution in [3.05, 3.63) is 193 Å². The fourth-order valence-electron chi connectivity index (χ4n) is 10.1. The van der Waals surface area contributed by atoms with Gasteiger partial charge in [0, 0.05) is 25.6 Å². The summed E-state index contributed by atoms with van der Waals surface area (Å²) in [5, 5.41) is 13.1. The summed E-state index contributed by atoms with van der Waals surface area (Å²) in [6.07, 6.45) is 0. The third-order valence-electron chi connectivity index (χ3n) is 12.6. The van der Waals surface area contributed by atoms with Gasteiger partial charge in [0.05, 0.1) is 0 Å². The van der Waals surface area contributed by atoms with Crippen LogP contribution in [-0.4, -0.2) is 0 Å². The second-order valence-electron chi connectivity index (χ2n) is 16.0. The summed E-state index contributed by atoms with van der Waals surface area (Å²) in [5.41, 5.74) is 13.1. The largest absolute Gasteiger partial charge is 0.135 e. The van der Waals surface area contributed by atoms with Crippen molar-refractivity contribution in [2.24, 2.45) is 0 Å². The quantitative estimate of drug-likeness (QED) is 0.159. The van der Waals surface area contributed by atoms with Gasteiger partial charge < -0.3 is 0 Å². The number of benzene rings is 10. The fraction of sp³-hybridized carbons (Fsp3) is 0.0545. The van der Waals surface area contributed by atoms with E-state index < -0.39 is 0 Å². The molecule has 0 N–H and O–H groups in total. The first-order valence-electron chi connectivity index (χ1n) is 19.6. The Morgan fingerprint density at radius 2 is 0.946 bits per heavy atom. The van der Waals surface area contributed by atoms with E-state index in [0.29, 0.717) is 0 Å². The first-order valence-corrected chi connectivity index (χ1v) is 20.4. The van der Waals surface area contributed by atoms with Crippen molar-refractivity contribution in [2.75, 3.05) is 0 Å². The normalized spacial score (nSPS) is 13.3. The lowest BCUT2D eigenvalue weighted by Crippen LogP contribution is -2.15. The molecule has 0 saturated heterocycles. The highest BCUT2D eigenvalue weighted by Crippen LogP contribution is 2.55. The van der Waals surface area contributed by atoms with Gasteiger partial charge in [0.2, 0.25) is 0 Å². The Balaban J connectivity index is 0.992. The number of hydrogen-bond donors (Lipinski definition) is 0. The summed E-state index contributed by atoms with van der Waals surface area (Å²) in [4.78, 5) is 0. The van der Waals surface area contributed by atoms with E-state index in [9.17, 15) is 0 Å². The van der Waals surface area contributed by atoms with Gasteiger partial charge >= 0.3 is 0 Å². The van der Waals surface area contributed by atoms with Crippen molar-refractivity contribution in [1.82, 2.24) is 0 Å². The van der Waals surface area contributed by atoms with Crippen LogP contribution in [0.2, 0.25) is 0 Å². The Kier molecular flexibility index (Phi) is 6.66. The molecular weight excluding hydrogens is 693 g/mol. The van der Waals surface area contributed by atoms with Crippen LogP contribution in [0.3, 0.4) is 0 Å². The Morgan fingerprint density at radius 1 is 0.375 bits per heavy atom. The van der Waals surface area contributed by atoms with Crippen molar-refractivity contribution in [3.63, 3.8) is 0 Å². The average Bonchev–Trinajstić information content (AvgIpc) is 3.74. The Bertz CT molecular complexity index is 3370. The molecule has 11 aromatic rings. The minimum absolute atomic E-state index is 0.0937. The van der Waals surface area contributed by atoms with Crippen LogP contribution in [0.15, 0.2) is 182 Å². The van der Waals surface area contributed by atoms with Crippen LogP contribution in [0.1, 0.15) is 25.0 Å². The maximum absolute atomic E-state index is 2.44. The van der Waals surface area contributed by atoms with E-state index in [1.807, 2.05) is 11.3 Å². The van der Waals surface area contributed by atoms with E-state index in [1.165, 1.54) is 119 Å². The van der Waals surface area contributed by atoms with Gasteiger partial charge in [-0.05, 0) is 111 Å². The van der Waals surface area contributed by atoms with Crippen LogP contribution in [0.25, 0.3) is 108 Å². The van der Waals surface area contributed by atoms with E-state index in [-0.39, 0.29) is 5.41 Å². The van der Waals surface area contributed by atoms with Crippen molar-refractivity contribution in [3.8, 4) is 44.5 Å². The van der Waals surface area contributed by atoms with Gasteiger partial charge in [-0.3, -0.25) is 0 Å². The maximum Gasteiger partial charge on any atom is 0.0402 e. The van der Waals surface area contributed by atoms with E-state index in [0.717, 1.165) is 0 Å². The number of thiophene rings is 1. The molecule has 12 rings (SSSR count). The summed E-state index contributed by atoms with van der Waals surface area (Å²) >= 11 is 1.96.